The first-order valence-corrected chi connectivity index (χ1v) is 9.48. The third-order valence-corrected chi connectivity index (χ3v) is 4.71. The Kier molecular flexibility index (Phi) is 4.88. The highest BCUT2D eigenvalue weighted by Gasteiger charge is 2.19. The molecule has 3 aromatic rings. The number of alkyl halides is 2. The van der Waals surface area contributed by atoms with Gasteiger partial charge in [0.2, 0.25) is 5.82 Å². The summed E-state index contributed by atoms with van der Waals surface area (Å²) >= 11 is 7.04. The molecule has 0 saturated heterocycles. The highest BCUT2D eigenvalue weighted by atomic mass is 79.9. The number of hydrogen-bond acceptors (Lipinski definition) is 3. The zero-order valence-corrected chi connectivity index (χ0v) is 16.9. The van der Waals surface area contributed by atoms with Crippen molar-refractivity contribution in [2.75, 3.05) is 0 Å². The summed E-state index contributed by atoms with van der Waals surface area (Å²) in [5.41, 5.74) is 4.19. The molecule has 2 aromatic carbocycles. The smallest absolute Gasteiger partial charge is 0.158 e. The molecule has 0 N–H and O–H groups in total. The van der Waals surface area contributed by atoms with E-state index in [1.165, 1.54) is 5.56 Å². The molecule has 4 nitrogen and oxygen atoms in total. The number of halogens is 2. The Bertz CT molecular complexity index is 833. The number of nitrogens with zero attached hydrogens (tertiary/aromatic N) is 4. The van der Waals surface area contributed by atoms with E-state index in [2.05, 4.69) is 98.4 Å². The number of benzene rings is 2. The van der Waals surface area contributed by atoms with E-state index in [0.29, 0.717) is 5.82 Å². The minimum atomic E-state index is -0.192. The molecular weight excluding hydrogens is 432 g/mol. The lowest BCUT2D eigenvalue weighted by Gasteiger charge is -2.15. The summed E-state index contributed by atoms with van der Waals surface area (Å²) in [5.74, 6) is 0.642. The standard InChI is InChI=1S/C18H18Br2N4/c1-18(2,3)24-22-17(21-23-24)15-7-5-4-6-14(15)12-8-10-13(11-9-12)16(19)20/h4-11,16H,1-3H3. The molecule has 0 unspecified atom stereocenters. The fraction of sp³-hybridized carbons (Fsp3) is 0.278. The summed E-state index contributed by atoms with van der Waals surface area (Å²) in [6, 6.07) is 16.6. The number of tetrazole rings is 1. The maximum atomic E-state index is 4.56. The predicted octanol–water partition coefficient (Wildman–Crippen LogP) is 5.55. The Morgan fingerprint density at radius 3 is 2.08 bits per heavy atom. The van der Waals surface area contributed by atoms with Gasteiger partial charge in [0.1, 0.15) is 0 Å². The summed E-state index contributed by atoms with van der Waals surface area (Å²) in [7, 11) is 0. The fourth-order valence-electron chi connectivity index (χ4n) is 2.34. The highest BCUT2D eigenvalue weighted by molar-refractivity contribution is 9.24. The Hall–Kier alpha value is -1.53. The predicted molar refractivity (Wildman–Crippen MR) is 104 cm³/mol. The van der Waals surface area contributed by atoms with Crippen LogP contribution in [0.2, 0.25) is 0 Å². The van der Waals surface area contributed by atoms with Gasteiger partial charge in [-0.15, -0.1) is 10.2 Å². The number of hydrogen-bond donors (Lipinski definition) is 0. The lowest BCUT2D eigenvalue weighted by Crippen LogP contribution is -2.24. The van der Waals surface area contributed by atoms with Crippen LogP contribution < -0.4 is 0 Å². The first kappa shape index (κ1) is 17.3. The van der Waals surface area contributed by atoms with Gasteiger partial charge in [0, 0.05) is 5.56 Å². The third-order valence-electron chi connectivity index (χ3n) is 3.66. The van der Waals surface area contributed by atoms with Gasteiger partial charge in [-0.3, -0.25) is 0 Å². The molecule has 0 saturated carbocycles. The van der Waals surface area contributed by atoms with Crippen molar-refractivity contribution in [3.63, 3.8) is 0 Å². The molecule has 1 aromatic heterocycles. The van der Waals surface area contributed by atoms with Crippen molar-refractivity contribution in [2.45, 2.75) is 30.0 Å². The fourth-order valence-corrected chi connectivity index (χ4v) is 2.95. The van der Waals surface area contributed by atoms with Crippen LogP contribution in [0.3, 0.4) is 0 Å². The van der Waals surface area contributed by atoms with Crippen molar-refractivity contribution < 1.29 is 0 Å². The molecular formula is C18H18Br2N4. The average molecular weight is 450 g/mol. The molecule has 0 radical (unpaired) electrons. The first-order chi connectivity index (χ1) is 11.4. The molecule has 3 rings (SSSR count). The van der Waals surface area contributed by atoms with Gasteiger partial charge in [-0.25, -0.2) is 0 Å². The zero-order chi connectivity index (χ0) is 17.3. The molecule has 0 aliphatic heterocycles. The largest absolute Gasteiger partial charge is 0.205 e. The van der Waals surface area contributed by atoms with Gasteiger partial charge in [-0.2, -0.15) is 4.80 Å². The second-order valence-electron chi connectivity index (χ2n) is 6.54. The second-order valence-corrected chi connectivity index (χ2v) is 9.60. The van der Waals surface area contributed by atoms with Crippen LogP contribution >= 0.6 is 31.9 Å². The van der Waals surface area contributed by atoms with Gasteiger partial charge >= 0.3 is 0 Å². The normalized spacial score (nSPS) is 11.9. The van der Waals surface area contributed by atoms with Gasteiger partial charge in [-0.05, 0) is 42.7 Å². The molecule has 24 heavy (non-hydrogen) atoms. The van der Waals surface area contributed by atoms with E-state index in [1.54, 1.807) is 4.80 Å². The number of rotatable bonds is 3. The molecule has 0 bridgehead atoms. The van der Waals surface area contributed by atoms with Crippen molar-refractivity contribution >= 4 is 31.9 Å². The lowest BCUT2D eigenvalue weighted by molar-refractivity contribution is 0.306. The Balaban J connectivity index is 2.04. The second kappa shape index (κ2) is 6.76. The SMILES string of the molecule is CC(C)(C)n1nnc(-c2ccccc2-c2ccc(C(Br)Br)cc2)n1. The zero-order valence-electron chi connectivity index (χ0n) is 13.7. The summed E-state index contributed by atoms with van der Waals surface area (Å²) in [5, 5.41) is 13.0. The molecule has 0 aliphatic rings. The number of aromatic nitrogens is 4. The molecule has 124 valence electrons. The van der Waals surface area contributed by atoms with Crippen molar-refractivity contribution in [3.8, 4) is 22.5 Å². The minimum Gasteiger partial charge on any atom is -0.158 e. The lowest BCUT2D eigenvalue weighted by atomic mass is 9.98. The highest BCUT2D eigenvalue weighted by Crippen LogP contribution is 2.33. The van der Waals surface area contributed by atoms with E-state index in [-0.39, 0.29) is 9.28 Å². The molecule has 0 fully saturated rings. The summed E-state index contributed by atoms with van der Waals surface area (Å²) < 4.78 is 0.155. The Labute approximate surface area is 158 Å². The van der Waals surface area contributed by atoms with Crippen LogP contribution in [0, 0.1) is 0 Å². The average Bonchev–Trinajstić information content (AvgIpc) is 3.05. The maximum Gasteiger partial charge on any atom is 0.205 e. The Morgan fingerprint density at radius 1 is 0.917 bits per heavy atom. The van der Waals surface area contributed by atoms with Gasteiger partial charge in [0.05, 0.1) is 9.28 Å². The van der Waals surface area contributed by atoms with E-state index in [1.807, 2.05) is 18.2 Å². The molecule has 0 spiro atoms. The summed E-state index contributed by atoms with van der Waals surface area (Å²) in [6.07, 6.45) is 0. The topological polar surface area (TPSA) is 43.6 Å². The quantitative estimate of drug-likeness (QED) is 0.492. The van der Waals surface area contributed by atoms with Crippen LogP contribution in [0.15, 0.2) is 48.5 Å². The van der Waals surface area contributed by atoms with Crippen molar-refractivity contribution in [3.05, 3.63) is 54.1 Å². The summed E-state index contributed by atoms with van der Waals surface area (Å²) in [4.78, 5) is 1.66. The van der Waals surface area contributed by atoms with Gasteiger partial charge in [-0.1, -0.05) is 80.4 Å². The van der Waals surface area contributed by atoms with Crippen molar-refractivity contribution in [1.82, 2.24) is 20.2 Å². The van der Waals surface area contributed by atoms with Crippen LogP contribution in [0.4, 0.5) is 0 Å². The van der Waals surface area contributed by atoms with E-state index >= 15 is 0 Å². The molecule has 0 atom stereocenters. The van der Waals surface area contributed by atoms with E-state index in [4.69, 9.17) is 0 Å². The van der Waals surface area contributed by atoms with Crippen LogP contribution in [-0.4, -0.2) is 20.2 Å². The molecule has 1 heterocycles. The molecule has 6 heteroatoms. The monoisotopic (exact) mass is 448 g/mol. The van der Waals surface area contributed by atoms with E-state index < -0.39 is 0 Å². The van der Waals surface area contributed by atoms with E-state index in [9.17, 15) is 0 Å². The molecule has 0 aliphatic carbocycles. The van der Waals surface area contributed by atoms with E-state index in [0.717, 1.165) is 16.7 Å². The maximum absolute atomic E-state index is 4.56. The third kappa shape index (κ3) is 3.59. The van der Waals surface area contributed by atoms with Crippen LogP contribution in [0.5, 0.6) is 0 Å². The minimum absolute atomic E-state index is 0.155. The van der Waals surface area contributed by atoms with Crippen molar-refractivity contribution in [1.29, 1.82) is 0 Å². The van der Waals surface area contributed by atoms with Gasteiger partial charge in [0.25, 0.3) is 0 Å². The molecule has 0 amide bonds. The first-order valence-electron chi connectivity index (χ1n) is 7.64. The van der Waals surface area contributed by atoms with Crippen LogP contribution in [-0.2, 0) is 5.54 Å². The summed E-state index contributed by atoms with van der Waals surface area (Å²) in [6.45, 7) is 6.17. The van der Waals surface area contributed by atoms with Gasteiger partial charge in [0.15, 0.2) is 0 Å². The van der Waals surface area contributed by atoms with Gasteiger partial charge < -0.3 is 0 Å². The van der Waals surface area contributed by atoms with Crippen molar-refractivity contribution in [2.24, 2.45) is 0 Å². The van der Waals surface area contributed by atoms with Crippen LogP contribution in [0.25, 0.3) is 22.5 Å². The van der Waals surface area contributed by atoms with Crippen LogP contribution in [0.1, 0.15) is 30.1 Å². The Morgan fingerprint density at radius 2 is 1.54 bits per heavy atom.